The van der Waals surface area contributed by atoms with Crippen molar-refractivity contribution in [3.63, 3.8) is 0 Å². The monoisotopic (exact) mass is 373 g/mol. The van der Waals surface area contributed by atoms with Gasteiger partial charge in [0.15, 0.2) is 0 Å². The van der Waals surface area contributed by atoms with E-state index >= 15 is 0 Å². The molecule has 9 heteroatoms. The molecule has 0 saturated carbocycles. The predicted octanol–water partition coefficient (Wildman–Crippen LogP) is 5.43. The number of hydrogen-bond acceptors (Lipinski definition) is 4. The van der Waals surface area contributed by atoms with Crippen molar-refractivity contribution in [2.24, 2.45) is 0 Å². The molecule has 24 heavy (non-hydrogen) atoms. The van der Waals surface area contributed by atoms with Gasteiger partial charge in [-0.05, 0) is 30.7 Å². The van der Waals surface area contributed by atoms with E-state index in [1.165, 1.54) is 0 Å². The molecule has 4 nitrogen and oxygen atoms in total. The van der Waals surface area contributed by atoms with Crippen molar-refractivity contribution in [3.8, 4) is 23.0 Å². The van der Waals surface area contributed by atoms with Crippen LogP contribution >= 0.6 is 23.2 Å². The van der Waals surface area contributed by atoms with Crippen LogP contribution in [0.2, 0.25) is 10.0 Å². The molecule has 0 radical (unpaired) electrons. The van der Waals surface area contributed by atoms with Crippen molar-refractivity contribution in [3.05, 3.63) is 51.6 Å². The second-order valence-corrected chi connectivity index (χ2v) is 5.77. The molecule has 124 valence electrons. The lowest BCUT2D eigenvalue weighted by Crippen LogP contribution is -2.05. The van der Waals surface area contributed by atoms with Gasteiger partial charge in [-0.2, -0.15) is 13.2 Å². The van der Waals surface area contributed by atoms with Crippen molar-refractivity contribution in [1.82, 2.24) is 15.2 Å². The number of pyridine rings is 1. The summed E-state index contributed by atoms with van der Waals surface area (Å²) < 4.78 is 43.4. The summed E-state index contributed by atoms with van der Waals surface area (Å²) in [4.78, 5) is 3.69. The van der Waals surface area contributed by atoms with Gasteiger partial charge in [0.1, 0.15) is 5.69 Å². The number of halogens is 5. The van der Waals surface area contributed by atoms with Gasteiger partial charge in [-0.25, -0.2) is 4.98 Å². The average molecular weight is 374 g/mol. The molecule has 0 aliphatic rings. The summed E-state index contributed by atoms with van der Waals surface area (Å²) >= 11 is 11.8. The first-order chi connectivity index (χ1) is 11.3. The maximum atomic E-state index is 12.6. The van der Waals surface area contributed by atoms with Gasteiger partial charge >= 0.3 is 6.18 Å². The third-order valence-corrected chi connectivity index (χ3v) is 3.75. The molecule has 0 bridgehead atoms. The lowest BCUT2D eigenvalue weighted by molar-refractivity contribution is -0.137. The fraction of sp³-hybridized carbons (Fsp3) is 0.133. The highest BCUT2D eigenvalue weighted by Gasteiger charge is 2.32. The third-order valence-electron chi connectivity index (χ3n) is 3.23. The van der Waals surface area contributed by atoms with E-state index in [-0.39, 0.29) is 22.5 Å². The molecule has 0 N–H and O–H groups in total. The first-order valence-corrected chi connectivity index (χ1v) is 7.34. The Bertz CT molecular complexity index is 909. The molecule has 2 aromatic heterocycles. The van der Waals surface area contributed by atoms with E-state index in [2.05, 4.69) is 15.2 Å². The Balaban J connectivity index is 2.01. The highest BCUT2D eigenvalue weighted by molar-refractivity contribution is 6.33. The molecule has 0 fully saturated rings. The molecule has 2 heterocycles. The van der Waals surface area contributed by atoms with Crippen LogP contribution in [0.5, 0.6) is 0 Å². The SMILES string of the molecule is Cc1ccc(Cl)cc1-c1nnc(-c2ncc(C(F)(F)F)cc2Cl)o1. The fourth-order valence-corrected chi connectivity index (χ4v) is 2.42. The minimum Gasteiger partial charge on any atom is -0.415 e. The molecule has 0 aliphatic carbocycles. The largest absolute Gasteiger partial charge is 0.417 e. The molecule has 0 unspecified atom stereocenters. The summed E-state index contributed by atoms with van der Waals surface area (Å²) in [6.07, 6.45) is -3.87. The molecule has 0 atom stereocenters. The third kappa shape index (κ3) is 3.22. The summed E-state index contributed by atoms with van der Waals surface area (Å²) in [6.45, 7) is 1.83. The lowest BCUT2D eigenvalue weighted by atomic mass is 10.1. The Labute approximate surface area is 144 Å². The number of aryl methyl sites for hydroxylation is 1. The molecule has 3 rings (SSSR count). The van der Waals surface area contributed by atoms with E-state index in [4.69, 9.17) is 27.6 Å². The minimum atomic E-state index is -4.53. The van der Waals surface area contributed by atoms with Gasteiger partial charge in [-0.15, -0.1) is 10.2 Å². The van der Waals surface area contributed by atoms with Gasteiger partial charge in [0, 0.05) is 16.8 Å². The maximum Gasteiger partial charge on any atom is 0.417 e. The summed E-state index contributed by atoms with van der Waals surface area (Å²) in [6, 6.07) is 5.91. The zero-order valence-electron chi connectivity index (χ0n) is 12.0. The number of rotatable bonds is 2. The van der Waals surface area contributed by atoms with E-state index in [0.717, 1.165) is 11.6 Å². The van der Waals surface area contributed by atoms with Gasteiger partial charge in [0.25, 0.3) is 5.89 Å². The highest BCUT2D eigenvalue weighted by Crippen LogP contribution is 2.34. The average Bonchev–Trinajstić information content (AvgIpc) is 2.98. The highest BCUT2D eigenvalue weighted by atomic mass is 35.5. The number of benzene rings is 1. The Hall–Kier alpha value is -2.12. The Morgan fingerprint density at radius 3 is 2.42 bits per heavy atom. The second-order valence-electron chi connectivity index (χ2n) is 4.92. The van der Waals surface area contributed by atoms with E-state index in [1.54, 1.807) is 18.2 Å². The van der Waals surface area contributed by atoms with Gasteiger partial charge in [0.05, 0.1) is 10.6 Å². The van der Waals surface area contributed by atoms with Gasteiger partial charge in [-0.3, -0.25) is 0 Å². The molecule has 0 aliphatic heterocycles. The Morgan fingerprint density at radius 1 is 1.04 bits per heavy atom. The molecule has 0 saturated heterocycles. The fourth-order valence-electron chi connectivity index (χ4n) is 2.00. The summed E-state index contributed by atoms with van der Waals surface area (Å²) in [5.41, 5.74) is 0.482. The number of alkyl halides is 3. The quantitative estimate of drug-likeness (QED) is 0.600. The summed E-state index contributed by atoms with van der Waals surface area (Å²) in [5.74, 6) is 0.0888. The van der Waals surface area contributed by atoms with Gasteiger partial charge < -0.3 is 4.42 Å². The standard InChI is InChI=1S/C15H8Cl2F3N3O/c1-7-2-3-9(16)5-10(7)13-22-23-14(24-13)12-11(17)4-8(6-21-12)15(18,19)20/h2-6H,1H3. The first kappa shape index (κ1) is 16.7. The van der Waals surface area contributed by atoms with Crippen LogP contribution in [0, 0.1) is 6.92 Å². The van der Waals surface area contributed by atoms with E-state index in [0.29, 0.717) is 16.8 Å². The molecule has 0 spiro atoms. The van der Waals surface area contributed by atoms with Crippen LogP contribution in [-0.4, -0.2) is 15.2 Å². The zero-order chi connectivity index (χ0) is 17.5. The van der Waals surface area contributed by atoms with Crippen LogP contribution in [0.1, 0.15) is 11.1 Å². The molecule has 3 aromatic rings. The number of hydrogen-bond donors (Lipinski definition) is 0. The molecule has 1 aromatic carbocycles. The van der Waals surface area contributed by atoms with Crippen LogP contribution in [0.3, 0.4) is 0 Å². The summed E-state index contributed by atoms with van der Waals surface area (Å²) in [7, 11) is 0. The first-order valence-electron chi connectivity index (χ1n) is 6.59. The van der Waals surface area contributed by atoms with Crippen LogP contribution in [0.15, 0.2) is 34.9 Å². The smallest absolute Gasteiger partial charge is 0.415 e. The van der Waals surface area contributed by atoms with Crippen molar-refractivity contribution in [1.29, 1.82) is 0 Å². The Kier molecular flexibility index (Phi) is 4.23. The van der Waals surface area contributed by atoms with Crippen molar-refractivity contribution < 1.29 is 17.6 Å². The Morgan fingerprint density at radius 2 is 1.75 bits per heavy atom. The van der Waals surface area contributed by atoms with E-state index in [9.17, 15) is 13.2 Å². The van der Waals surface area contributed by atoms with Gasteiger partial charge in [0.2, 0.25) is 5.89 Å². The van der Waals surface area contributed by atoms with Crippen LogP contribution in [-0.2, 0) is 6.18 Å². The molecule has 0 amide bonds. The number of nitrogens with zero attached hydrogens (tertiary/aromatic N) is 3. The predicted molar refractivity (Wildman–Crippen MR) is 82.7 cm³/mol. The summed E-state index contributed by atoms with van der Waals surface area (Å²) in [5, 5.41) is 7.93. The minimum absolute atomic E-state index is 0.0249. The molecular formula is C15H8Cl2F3N3O. The van der Waals surface area contributed by atoms with Crippen molar-refractivity contribution >= 4 is 23.2 Å². The maximum absolute atomic E-state index is 12.6. The van der Waals surface area contributed by atoms with E-state index in [1.807, 2.05) is 6.92 Å². The lowest BCUT2D eigenvalue weighted by Gasteiger charge is -2.07. The molecular weight excluding hydrogens is 366 g/mol. The zero-order valence-corrected chi connectivity index (χ0v) is 13.5. The topological polar surface area (TPSA) is 51.8 Å². The second kappa shape index (κ2) is 6.07. The van der Waals surface area contributed by atoms with Crippen molar-refractivity contribution in [2.45, 2.75) is 13.1 Å². The van der Waals surface area contributed by atoms with Crippen LogP contribution in [0.25, 0.3) is 23.0 Å². The van der Waals surface area contributed by atoms with Crippen LogP contribution in [0.4, 0.5) is 13.2 Å². The van der Waals surface area contributed by atoms with Gasteiger partial charge in [-0.1, -0.05) is 29.3 Å². The van der Waals surface area contributed by atoms with Crippen molar-refractivity contribution in [2.75, 3.05) is 0 Å². The number of aromatic nitrogens is 3. The van der Waals surface area contributed by atoms with E-state index < -0.39 is 11.7 Å². The van der Waals surface area contributed by atoms with Crippen LogP contribution < -0.4 is 0 Å². The normalized spacial score (nSPS) is 11.8.